The smallest absolute Gasteiger partial charge is 0.224 e. The first-order chi connectivity index (χ1) is 17.8. The van der Waals surface area contributed by atoms with Gasteiger partial charge in [-0.25, -0.2) is 0 Å². The molecule has 1 aromatic carbocycles. The van der Waals surface area contributed by atoms with Crippen LogP contribution in [0.15, 0.2) is 18.2 Å². The SMILES string of the molecule is CCCCCOc1cc(CC(CCC(C)CC(C(=O)NCC(C)(C)C(N)=O)C(C)C)C(C)C)ccc1OC. The Bertz CT molecular complexity index is 850. The first-order valence-corrected chi connectivity index (χ1v) is 14.7. The second-order valence-electron chi connectivity index (χ2n) is 12.5. The highest BCUT2D eigenvalue weighted by atomic mass is 16.5. The van der Waals surface area contributed by atoms with Gasteiger partial charge in [0.05, 0.1) is 19.1 Å². The molecule has 1 aromatic rings. The highest BCUT2D eigenvalue weighted by molar-refractivity contribution is 5.83. The Morgan fingerprint density at radius 3 is 2.24 bits per heavy atom. The molecule has 3 atom stereocenters. The number of primary amides is 1. The summed E-state index contributed by atoms with van der Waals surface area (Å²) in [5.74, 6) is 2.90. The van der Waals surface area contributed by atoms with Gasteiger partial charge in [-0.15, -0.1) is 0 Å². The number of rotatable bonds is 19. The Morgan fingerprint density at radius 2 is 1.68 bits per heavy atom. The minimum atomic E-state index is -0.755. The van der Waals surface area contributed by atoms with Crippen LogP contribution in [0.5, 0.6) is 11.5 Å². The van der Waals surface area contributed by atoms with Gasteiger partial charge in [0.15, 0.2) is 11.5 Å². The van der Waals surface area contributed by atoms with Gasteiger partial charge in [0.2, 0.25) is 11.8 Å². The Hall–Kier alpha value is -2.24. The predicted octanol–water partition coefficient (Wildman–Crippen LogP) is 6.79. The van der Waals surface area contributed by atoms with Crippen LogP contribution in [-0.4, -0.2) is 32.1 Å². The third-order valence-corrected chi connectivity index (χ3v) is 7.87. The number of hydrogen-bond acceptors (Lipinski definition) is 4. The molecule has 0 radical (unpaired) electrons. The van der Waals surface area contributed by atoms with Crippen LogP contribution >= 0.6 is 0 Å². The predicted molar refractivity (Wildman–Crippen MR) is 157 cm³/mol. The van der Waals surface area contributed by atoms with E-state index < -0.39 is 11.3 Å². The highest BCUT2D eigenvalue weighted by Gasteiger charge is 2.29. The number of carbonyl (C=O) groups excluding carboxylic acids is 2. The zero-order chi connectivity index (χ0) is 28.9. The number of ether oxygens (including phenoxy) is 2. The van der Waals surface area contributed by atoms with Gasteiger partial charge in [-0.1, -0.05) is 66.9 Å². The van der Waals surface area contributed by atoms with E-state index in [-0.39, 0.29) is 24.3 Å². The van der Waals surface area contributed by atoms with Crippen molar-refractivity contribution in [3.8, 4) is 11.5 Å². The highest BCUT2D eigenvalue weighted by Crippen LogP contribution is 2.33. The molecule has 0 aromatic heterocycles. The molecule has 0 fully saturated rings. The monoisotopic (exact) mass is 532 g/mol. The summed E-state index contributed by atoms with van der Waals surface area (Å²) in [6.45, 7) is 17.7. The van der Waals surface area contributed by atoms with Gasteiger partial charge in [0.1, 0.15) is 0 Å². The van der Waals surface area contributed by atoms with Crippen LogP contribution < -0.4 is 20.5 Å². The Morgan fingerprint density at radius 1 is 1.00 bits per heavy atom. The van der Waals surface area contributed by atoms with Gasteiger partial charge in [-0.2, -0.15) is 0 Å². The summed E-state index contributed by atoms with van der Waals surface area (Å²) in [4.78, 5) is 24.6. The minimum Gasteiger partial charge on any atom is -0.493 e. The van der Waals surface area contributed by atoms with Crippen molar-refractivity contribution in [3.63, 3.8) is 0 Å². The first kappa shape index (κ1) is 33.8. The summed E-state index contributed by atoms with van der Waals surface area (Å²) >= 11 is 0. The van der Waals surface area contributed by atoms with Crippen molar-refractivity contribution in [2.45, 2.75) is 100 Å². The maximum Gasteiger partial charge on any atom is 0.224 e. The maximum absolute atomic E-state index is 13.0. The maximum atomic E-state index is 13.0. The average molecular weight is 533 g/mol. The largest absolute Gasteiger partial charge is 0.493 e. The number of hydrogen-bond donors (Lipinski definition) is 2. The molecule has 6 heteroatoms. The lowest BCUT2D eigenvalue weighted by Gasteiger charge is -2.28. The molecular formula is C32H56N2O4. The quantitative estimate of drug-likeness (QED) is 0.192. The number of nitrogens with two attached hydrogens (primary N) is 1. The molecule has 0 saturated carbocycles. The van der Waals surface area contributed by atoms with E-state index in [0.717, 1.165) is 43.6 Å². The number of carbonyl (C=O) groups is 2. The van der Waals surface area contributed by atoms with Gasteiger partial charge in [0, 0.05) is 12.5 Å². The molecule has 0 spiro atoms. The minimum absolute atomic E-state index is 0.0197. The second-order valence-corrected chi connectivity index (χ2v) is 12.5. The summed E-state index contributed by atoms with van der Waals surface area (Å²) in [6.07, 6.45) is 7.40. The Labute approximate surface area is 232 Å². The molecule has 3 unspecified atom stereocenters. The number of amides is 2. The zero-order valence-electron chi connectivity index (χ0n) is 25.7. The molecule has 2 amide bonds. The third-order valence-electron chi connectivity index (χ3n) is 7.87. The summed E-state index contributed by atoms with van der Waals surface area (Å²) in [7, 11) is 1.69. The average Bonchev–Trinajstić information content (AvgIpc) is 2.85. The van der Waals surface area contributed by atoms with Crippen molar-refractivity contribution in [2.24, 2.45) is 40.7 Å². The molecule has 0 heterocycles. The fraction of sp³-hybridized carbons (Fsp3) is 0.750. The molecule has 0 aliphatic rings. The van der Waals surface area contributed by atoms with Gasteiger partial charge in [0.25, 0.3) is 0 Å². The molecule has 3 N–H and O–H groups in total. The number of methoxy groups -OCH3 is 1. The van der Waals surface area contributed by atoms with Crippen LogP contribution in [0, 0.1) is 35.0 Å². The summed E-state index contributed by atoms with van der Waals surface area (Å²) in [5.41, 5.74) is 5.99. The van der Waals surface area contributed by atoms with Crippen LogP contribution in [-0.2, 0) is 16.0 Å². The molecule has 0 bridgehead atoms. The van der Waals surface area contributed by atoms with E-state index in [9.17, 15) is 9.59 Å². The van der Waals surface area contributed by atoms with Crippen molar-refractivity contribution >= 4 is 11.8 Å². The van der Waals surface area contributed by atoms with E-state index in [0.29, 0.717) is 24.4 Å². The molecular weight excluding hydrogens is 476 g/mol. The number of nitrogens with one attached hydrogen (secondary N) is 1. The van der Waals surface area contributed by atoms with Crippen LogP contribution in [0.3, 0.4) is 0 Å². The fourth-order valence-electron chi connectivity index (χ4n) is 4.73. The molecule has 6 nitrogen and oxygen atoms in total. The van der Waals surface area contributed by atoms with E-state index in [1.54, 1.807) is 21.0 Å². The zero-order valence-corrected chi connectivity index (χ0v) is 25.7. The van der Waals surface area contributed by atoms with Crippen LogP contribution in [0.1, 0.15) is 99.5 Å². The van der Waals surface area contributed by atoms with Crippen LogP contribution in [0.2, 0.25) is 0 Å². The molecule has 0 aliphatic heterocycles. The summed E-state index contributed by atoms with van der Waals surface area (Å²) < 4.78 is 11.6. The molecule has 1 rings (SSSR count). The molecule has 0 saturated heterocycles. The van der Waals surface area contributed by atoms with E-state index in [1.807, 2.05) is 6.07 Å². The third kappa shape index (κ3) is 11.7. The van der Waals surface area contributed by atoms with E-state index >= 15 is 0 Å². The van der Waals surface area contributed by atoms with E-state index in [4.69, 9.17) is 15.2 Å². The molecule has 0 aliphatic carbocycles. The van der Waals surface area contributed by atoms with Crippen molar-refractivity contribution in [3.05, 3.63) is 23.8 Å². The Balaban J connectivity index is 2.77. The van der Waals surface area contributed by atoms with Crippen molar-refractivity contribution in [2.75, 3.05) is 20.3 Å². The topological polar surface area (TPSA) is 90.6 Å². The molecule has 218 valence electrons. The number of benzene rings is 1. The van der Waals surface area contributed by atoms with Gasteiger partial charge < -0.3 is 20.5 Å². The lowest BCUT2D eigenvalue weighted by molar-refractivity contribution is -0.129. The van der Waals surface area contributed by atoms with E-state index in [1.165, 1.54) is 18.4 Å². The summed E-state index contributed by atoms with van der Waals surface area (Å²) in [5, 5.41) is 2.98. The first-order valence-electron chi connectivity index (χ1n) is 14.7. The number of unbranched alkanes of at least 4 members (excludes halogenated alkanes) is 2. The van der Waals surface area contributed by atoms with Crippen LogP contribution in [0.25, 0.3) is 0 Å². The van der Waals surface area contributed by atoms with Crippen molar-refractivity contribution in [1.29, 1.82) is 0 Å². The Kier molecular flexibility index (Phi) is 14.8. The lowest BCUT2D eigenvalue weighted by Crippen LogP contribution is -2.45. The summed E-state index contributed by atoms with van der Waals surface area (Å²) in [6, 6.07) is 6.33. The van der Waals surface area contributed by atoms with Gasteiger partial charge in [-0.3, -0.25) is 9.59 Å². The van der Waals surface area contributed by atoms with Crippen LogP contribution in [0.4, 0.5) is 0 Å². The normalized spacial score (nSPS) is 14.3. The second kappa shape index (κ2) is 16.7. The standard InChI is InChI=1S/C32H56N2O4/c1-10-11-12-17-38-29-20-25(14-16-28(29)37-9)19-26(22(2)3)15-13-24(6)18-27(23(4)5)30(35)34-21-32(7,8)31(33)36/h14,16,20,22-24,26-27H,10-13,15,17-19,21H2,1-9H3,(H2,33,36)(H,34,35). The lowest BCUT2D eigenvalue weighted by atomic mass is 9.80. The fourth-order valence-corrected chi connectivity index (χ4v) is 4.73. The molecule has 38 heavy (non-hydrogen) atoms. The van der Waals surface area contributed by atoms with E-state index in [2.05, 4.69) is 59.0 Å². The van der Waals surface area contributed by atoms with Gasteiger partial charge >= 0.3 is 0 Å². The van der Waals surface area contributed by atoms with Crippen molar-refractivity contribution < 1.29 is 19.1 Å². The van der Waals surface area contributed by atoms with Crippen molar-refractivity contribution in [1.82, 2.24) is 5.32 Å². The van der Waals surface area contributed by atoms with Gasteiger partial charge in [-0.05, 0) is 80.9 Å².